The minimum absolute atomic E-state index is 0.00654. The van der Waals surface area contributed by atoms with Crippen molar-refractivity contribution < 1.29 is 19.5 Å². The quantitative estimate of drug-likeness (QED) is 0.766. The molecule has 0 bridgehead atoms. The summed E-state index contributed by atoms with van der Waals surface area (Å²) in [6.07, 6.45) is 1.13. The lowest BCUT2D eigenvalue weighted by molar-refractivity contribution is -0.140. The highest BCUT2D eigenvalue weighted by Crippen LogP contribution is 2.24. The van der Waals surface area contributed by atoms with Gasteiger partial charge in [-0.2, -0.15) is 0 Å². The van der Waals surface area contributed by atoms with Crippen LogP contribution in [0.1, 0.15) is 43.6 Å². The van der Waals surface area contributed by atoms with E-state index in [0.717, 1.165) is 6.42 Å². The van der Waals surface area contributed by atoms with Crippen LogP contribution in [0.25, 0.3) is 0 Å². The second kappa shape index (κ2) is 8.99. The number of fused-ring (bicyclic) bond motifs is 1. The summed E-state index contributed by atoms with van der Waals surface area (Å²) in [5.41, 5.74) is 1.21. The molecule has 0 atom stereocenters. The van der Waals surface area contributed by atoms with Gasteiger partial charge in [0, 0.05) is 43.9 Å². The van der Waals surface area contributed by atoms with E-state index in [4.69, 9.17) is 5.11 Å². The molecule has 1 aromatic heterocycles. The molecule has 0 aromatic carbocycles. The number of carboxylic acid groups (broad SMARTS) is 1. The van der Waals surface area contributed by atoms with E-state index in [9.17, 15) is 14.4 Å². The first-order chi connectivity index (χ1) is 11.9. The molecule has 7 heteroatoms. The summed E-state index contributed by atoms with van der Waals surface area (Å²) >= 11 is 1.73. The van der Waals surface area contributed by atoms with Crippen molar-refractivity contribution in [3.8, 4) is 0 Å². The Kier molecular flexibility index (Phi) is 6.99. The number of hydrogen-bond acceptors (Lipinski definition) is 4. The third-order valence-corrected chi connectivity index (χ3v) is 5.27. The predicted octanol–water partition coefficient (Wildman–Crippen LogP) is 2.37. The number of carboxylic acids is 1. The van der Waals surface area contributed by atoms with Crippen LogP contribution >= 0.6 is 11.3 Å². The topological polar surface area (TPSA) is 77.9 Å². The van der Waals surface area contributed by atoms with E-state index in [1.165, 1.54) is 10.4 Å². The zero-order valence-corrected chi connectivity index (χ0v) is 15.7. The lowest BCUT2D eigenvalue weighted by Crippen LogP contribution is -2.38. The van der Waals surface area contributed by atoms with Crippen molar-refractivity contribution in [1.29, 1.82) is 0 Å². The molecular formula is C18H26N2O4S. The number of aliphatic carboxylic acids is 1. The molecule has 0 spiro atoms. The standard InChI is InChI=1S/C18H26N2O4S/c1-13(2)11-19(9-6-18(23)24)16(21)3-4-17(22)20-8-5-15-14(12-20)7-10-25-15/h7,10,13H,3-6,8-9,11-12H2,1-2H3,(H,23,24). The van der Waals surface area contributed by atoms with Crippen LogP contribution in [-0.4, -0.2) is 52.3 Å². The van der Waals surface area contributed by atoms with Crippen LogP contribution in [0.2, 0.25) is 0 Å². The van der Waals surface area contributed by atoms with Crippen LogP contribution in [0.4, 0.5) is 0 Å². The number of amides is 2. The number of hydrogen-bond donors (Lipinski definition) is 1. The lowest BCUT2D eigenvalue weighted by atomic mass is 10.1. The largest absolute Gasteiger partial charge is 0.481 e. The van der Waals surface area contributed by atoms with Crippen molar-refractivity contribution in [1.82, 2.24) is 9.80 Å². The Morgan fingerprint density at radius 1 is 1.28 bits per heavy atom. The van der Waals surface area contributed by atoms with E-state index in [-0.39, 0.29) is 43.5 Å². The fourth-order valence-corrected chi connectivity index (χ4v) is 3.87. The highest BCUT2D eigenvalue weighted by atomic mass is 32.1. The van der Waals surface area contributed by atoms with Gasteiger partial charge in [0.05, 0.1) is 6.42 Å². The lowest BCUT2D eigenvalue weighted by Gasteiger charge is -2.28. The Labute approximate surface area is 152 Å². The van der Waals surface area contributed by atoms with E-state index in [2.05, 4.69) is 11.4 Å². The van der Waals surface area contributed by atoms with E-state index >= 15 is 0 Å². The molecule has 0 fully saturated rings. The third-order valence-electron chi connectivity index (χ3n) is 4.25. The molecule has 0 unspecified atom stereocenters. The monoisotopic (exact) mass is 366 g/mol. The van der Waals surface area contributed by atoms with Gasteiger partial charge in [-0.05, 0) is 29.3 Å². The zero-order valence-electron chi connectivity index (χ0n) is 14.9. The van der Waals surface area contributed by atoms with Crippen molar-refractivity contribution >= 4 is 29.1 Å². The van der Waals surface area contributed by atoms with Crippen molar-refractivity contribution in [2.75, 3.05) is 19.6 Å². The highest BCUT2D eigenvalue weighted by molar-refractivity contribution is 7.10. The summed E-state index contributed by atoms with van der Waals surface area (Å²) in [7, 11) is 0. The zero-order chi connectivity index (χ0) is 18.4. The van der Waals surface area contributed by atoms with Gasteiger partial charge in [0.2, 0.25) is 11.8 Å². The summed E-state index contributed by atoms with van der Waals surface area (Å²) in [5.74, 6) is -0.811. The minimum atomic E-state index is -0.919. The van der Waals surface area contributed by atoms with Gasteiger partial charge >= 0.3 is 5.97 Å². The molecule has 1 N–H and O–H groups in total. The maximum absolute atomic E-state index is 12.4. The minimum Gasteiger partial charge on any atom is -0.481 e. The first-order valence-electron chi connectivity index (χ1n) is 8.69. The Bertz CT molecular complexity index is 626. The average Bonchev–Trinajstić information content (AvgIpc) is 3.03. The summed E-state index contributed by atoms with van der Waals surface area (Å²) < 4.78 is 0. The second-order valence-electron chi connectivity index (χ2n) is 6.81. The maximum Gasteiger partial charge on any atom is 0.305 e. The van der Waals surface area contributed by atoms with Gasteiger partial charge in [-0.1, -0.05) is 13.8 Å². The van der Waals surface area contributed by atoms with Crippen LogP contribution in [0.15, 0.2) is 11.4 Å². The Morgan fingerprint density at radius 3 is 2.72 bits per heavy atom. The molecule has 0 saturated heterocycles. The van der Waals surface area contributed by atoms with Gasteiger partial charge in [0.25, 0.3) is 0 Å². The van der Waals surface area contributed by atoms with E-state index in [0.29, 0.717) is 19.6 Å². The smallest absolute Gasteiger partial charge is 0.305 e. The normalized spacial score (nSPS) is 13.6. The Morgan fingerprint density at radius 2 is 2.04 bits per heavy atom. The first-order valence-corrected chi connectivity index (χ1v) is 9.57. The highest BCUT2D eigenvalue weighted by Gasteiger charge is 2.23. The number of carbonyl (C=O) groups is 3. The van der Waals surface area contributed by atoms with Crippen LogP contribution in [0.5, 0.6) is 0 Å². The predicted molar refractivity (Wildman–Crippen MR) is 96.3 cm³/mol. The van der Waals surface area contributed by atoms with Gasteiger partial charge in [0.1, 0.15) is 0 Å². The Hall–Kier alpha value is -1.89. The number of rotatable bonds is 8. The summed E-state index contributed by atoms with van der Waals surface area (Å²) in [4.78, 5) is 40.3. The number of nitrogens with zero attached hydrogens (tertiary/aromatic N) is 2. The number of carbonyl (C=O) groups excluding carboxylic acids is 2. The fourth-order valence-electron chi connectivity index (χ4n) is 2.98. The molecule has 2 rings (SSSR count). The molecule has 0 aliphatic carbocycles. The van der Waals surface area contributed by atoms with Crippen molar-refractivity contribution in [3.05, 3.63) is 21.9 Å². The van der Waals surface area contributed by atoms with E-state index < -0.39 is 5.97 Å². The summed E-state index contributed by atoms with van der Waals surface area (Å²) in [6, 6.07) is 2.06. The summed E-state index contributed by atoms with van der Waals surface area (Å²) in [5, 5.41) is 10.9. The van der Waals surface area contributed by atoms with Crippen molar-refractivity contribution in [2.24, 2.45) is 5.92 Å². The average molecular weight is 366 g/mol. The van der Waals surface area contributed by atoms with Crippen molar-refractivity contribution in [3.63, 3.8) is 0 Å². The molecule has 2 heterocycles. The third kappa shape index (κ3) is 5.85. The molecule has 25 heavy (non-hydrogen) atoms. The second-order valence-corrected chi connectivity index (χ2v) is 7.81. The first kappa shape index (κ1) is 19.4. The van der Waals surface area contributed by atoms with Crippen LogP contribution in [0, 0.1) is 5.92 Å². The van der Waals surface area contributed by atoms with Gasteiger partial charge in [0.15, 0.2) is 0 Å². The maximum atomic E-state index is 12.4. The fraction of sp³-hybridized carbons (Fsp3) is 0.611. The molecule has 1 aliphatic rings. The van der Waals surface area contributed by atoms with E-state index in [1.54, 1.807) is 16.2 Å². The number of thiophene rings is 1. The molecule has 138 valence electrons. The van der Waals surface area contributed by atoms with Crippen LogP contribution in [0.3, 0.4) is 0 Å². The van der Waals surface area contributed by atoms with Crippen LogP contribution < -0.4 is 0 Å². The molecule has 0 radical (unpaired) electrons. The van der Waals surface area contributed by atoms with E-state index in [1.807, 2.05) is 18.7 Å². The van der Waals surface area contributed by atoms with Gasteiger partial charge in [-0.25, -0.2) is 0 Å². The van der Waals surface area contributed by atoms with Crippen molar-refractivity contribution in [2.45, 2.75) is 46.1 Å². The van der Waals surface area contributed by atoms with Crippen LogP contribution in [-0.2, 0) is 27.3 Å². The summed E-state index contributed by atoms with van der Waals surface area (Å²) in [6.45, 7) is 6.01. The molecule has 1 aliphatic heterocycles. The molecule has 2 amide bonds. The molecular weight excluding hydrogens is 340 g/mol. The SMILES string of the molecule is CC(C)CN(CCC(=O)O)C(=O)CCC(=O)N1CCc2sccc2C1. The Balaban J connectivity index is 1.84. The molecule has 1 aromatic rings. The van der Waals surface area contributed by atoms with Gasteiger partial charge in [-0.15, -0.1) is 11.3 Å². The van der Waals surface area contributed by atoms with Gasteiger partial charge < -0.3 is 14.9 Å². The molecule has 0 saturated carbocycles. The molecule has 6 nitrogen and oxygen atoms in total. The van der Waals surface area contributed by atoms with Gasteiger partial charge in [-0.3, -0.25) is 14.4 Å².